The summed E-state index contributed by atoms with van der Waals surface area (Å²) in [5.74, 6) is 0.850. The Morgan fingerprint density at radius 3 is 2.74 bits per heavy atom. The number of ether oxygens (including phenoxy) is 1. The van der Waals surface area contributed by atoms with Crippen LogP contribution in [0.1, 0.15) is 28.8 Å². The number of fused-ring (bicyclic) bond motifs is 3. The van der Waals surface area contributed by atoms with Gasteiger partial charge >= 0.3 is 0 Å². The Balaban J connectivity index is 1.64. The second-order valence-electron chi connectivity index (χ2n) is 7.28. The fourth-order valence-corrected chi connectivity index (χ4v) is 4.31. The van der Waals surface area contributed by atoms with Gasteiger partial charge in [0, 0.05) is 28.6 Å². The molecule has 0 unspecified atom stereocenters. The lowest BCUT2D eigenvalue weighted by Gasteiger charge is -2.38. The van der Waals surface area contributed by atoms with E-state index in [0.717, 1.165) is 28.0 Å². The lowest BCUT2D eigenvalue weighted by atomic mass is 9.85. The number of tetrazole rings is 1. The summed E-state index contributed by atoms with van der Waals surface area (Å²) in [6.07, 6.45) is 2.99. The number of aromatic nitrogens is 5. The highest BCUT2D eigenvalue weighted by Crippen LogP contribution is 2.50. The highest BCUT2D eigenvalue weighted by Gasteiger charge is 2.41. The third kappa shape index (κ3) is 2.87. The van der Waals surface area contributed by atoms with E-state index in [1.807, 2.05) is 24.3 Å². The molecule has 2 aromatic carbocycles. The Hall–Kier alpha value is -3.78. The molecule has 2 aliphatic heterocycles. The number of nitrogens with zero attached hydrogens (tertiary/aromatic N) is 5. The monoisotopic (exact) mass is 432 g/mol. The predicted molar refractivity (Wildman–Crippen MR) is 112 cm³/mol. The average Bonchev–Trinajstić information content (AvgIpc) is 3.27. The highest BCUT2D eigenvalue weighted by atomic mass is 35.5. The molecule has 0 bridgehead atoms. The Labute approximate surface area is 181 Å². The minimum atomic E-state index is -0.501. The number of anilines is 1. The van der Waals surface area contributed by atoms with Crippen LogP contribution in [0.15, 0.2) is 72.6 Å². The van der Waals surface area contributed by atoms with E-state index in [1.165, 1.54) is 12.1 Å². The Bertz CT molecular complexity index is 1320. The van der Waals surface area contributed by atoms with Crippen molar-refractivity contribution >= 4 is 23.2 Å². The zero-order chi connectivity index (χ0) is 20.9. The van der Waals surface area contributed by atoms with Gasteiger partial charge in [0.2, 0.25) is 5.95 Å². The molecule has 7 nitrogen and oxygen atoms in total. The van der Waals surface area contributed by atoms with Crippen molar-refractivity contribution in [2.24, 2.45) is 0 Å². The molecule has 0 aliphatic carbocycles. The first kappa shape index (κ1) is 18.0. The van der Waals surface area contributed by atoms with Gasteiger partial charge in [-0.1, -0.05) is 34.9 Å². The molecule has 4 heterocycles. The largest absolute Gasteiger partial charge is 0.480 e. The molecule has 0 saturated carbocycles. The Kier molecular flexibility index (Phi) is 4.00. The van der Waals surface area contributed by atoms with Crippen LogP contribution in [0, 0.1) is 5.82 Å². The van der Waals surface area contributed by atoms with E-state index >= 15 is 0 Å². The standard InChI is InChI=1S/C22H14ClFN6O/c23-14-5-8-17-16(10-14)19-18(21(31-17)12-3-6-15(24)7-4-12)20(13-2-1-9-25-11-13)30-22(26-19)27-28-29-30/h1-11,20-21H,(H,26,27,29)/t20-,21-/m1/s1. The molecule has 2 atom stereocenters. The maximum atomic E-state index is 13.6. The third-order valence-electron chi connectivity index (χ3n) is 5.47. The minimum absolute atomic E-state index is 0.311. The number of hydrogen-bond donors (Lipinski definition) is 1. The van der Waals surface area contributed by atoms with Gasteiger partial charge in [0.1, 0.15) is 23.7 Å². The van der Waals surface area contributed by atoms with E-state index in [4.69, 9.17) is 16.3 Å². The van der Waals surface area contributed by atoms with Crippen LogP contribution in [-0.2, 0) is 0 Å². The molecule has 9 heteroatoms. The van der Waals surface area contributed by atoms with Gasteiger partial charge in [0.05, 0.1) is 5.70 Å². The van der Waals surface area contributed by atoms with Crippen LogP contribution in [-0.4, -0.2) is 25.2 Å². The van der Waals surface area contributed by atoms with Crippen molar-refractivity contribution in [2.75, 3.05) is 5.32 Å². The topological polar surface area (TPSA) is 77.8 Å². The van der Waals surface area contributed by atoms with Crippen molar-refractivity contribution in [1.82, 2.24) is 25.2 Å². The van der Waals surface area contributed by atoms with E-state index in [0.29, 0.717) is 16.7 Å². The van der Waals surface area contributed by atoms with Crippen molar-refractivity contribution in [1.29, 1.82) is 0 Å². The molecular weight excluding hydrogens is 419 g/mol. The maximum Gasteiger partial charge on any atom is 0.248 e. The summed E-state index contributed by atoms with van der Waals surface area (Å²) in [5, 5.41) is 16.1. The van der Waals surface area contributed by atoms with Crippen LogP contribution >= 0.6 is 11.6 Å². The van der Waals surface area contributed by atoms with Crippen molar-refractivity contribution in [3.8, 4) is 5.75 Å². The van der Waals surface area contributed by atoms with E-state index < -0.39 is 6.10 Å². The summed E-state index contributed by atoms with van der Waals surface area (Å²) in [4.78, 5) is 4.29. The molecule has 0 radical (unpaired) electrons. The van der Waals surface area contributed by atoms with Crippen LogP contribution in [0.3, 0.4) is 0 Å². The van der Waals surface area contributed by atoms with Gasteiger partial charge in [0.25, 0.3) is 0 Å². The summed E-state index contributed by atoms with van der Waals surface area (Å²) in [5.41, 5.74) is 4.21. The summed E-state index contributed by atoms with van der Waals surface area (Å²) < 4.78 is 21.8. The third-order valence-corrected chi connectivity index (χ3v) is 5.70. The van der Waals surface area contributed by atoms with Crippen molar-refractivity contribution in [3.63, 3.8) is 0 Å². The number of halogens is 2. The van der Waals surface area contributed by atoms with Crippen molar-refractivity contribution in [3.05, 3.63) is 100 Å². The molecule has 152 valence electrons. The van der Waals surface area contributed by atoms with E-state index in [9.17, 15) is 4.39 Å². The first-order valence-corrected chi connectivity index (χ1v) is 9.98. The van der Waals surface area contributed by atoms with Crippen LogP contribution in [0.25, 0.3) is 5.70 Å². The van der Waals surface area contributed by atoms with Gasteiger partial charge in [-0.3, -0.25) is 4.98 Å². The normalized spacial score (nSPS) is 19.0. The lowest BCUT2D eigenvalue weighted by molar-refractivity contribution is 0.222. The van der Waals surface area contributed by atoms with Gasteiger partial charge in [-0.15, -0.1) is 0 Å². The number of hydrogen-bond acceptors (Lipinski definition) is 6. The molecule has 0 fully saturated rings. The summed E-state index contributed by atoms with van der Waals surface area (Å²) in [7, 11) is 0. The molecule has 0 saturated heterocycles. The fraction of sp³-hybridized carbons (Fsp3) is 0.0909. The van der Waals surface area contributed by atoms with Crippen LogP contribution in [0.4, 0.5) is 10.3 Å². The molecule has 1 N–H and O–H groups in total. The molecule has 31 heavy (non-hydrogen) atoms. The van der Waals surface area contributed by atoms with Crippen LogP contribution in [0.2, 0.25) is 5.02 Å². The first-order chi connectivity index (χ1) is 15.2. The SMILES string of the molecule is Fc1ccc([C@H]2Oc3ccc(Cl)cc3C3=C2[C@@H](c2cccnc2)n2nnnc2N3)cc1. The van der Waals surface area contributed by atoms with Crippen LogP contribution < -0.4 is 10.1 Å². The van der Waals surface area contributed by atoms with E-state index in [2.05, 4.69) is 25.8 Å². The van der Waals surface area contributed by atoms with E-state index in [-0.39, 0.29) is 11.9 Å². The number of pyridine rings is 1. The second kappa shape index (κ2) is 6.88. The summed E-state index contributed by atoms with van der Waals surface area (Å²) >= 11 is 6.31. The molecule has 0 amide bonds. The van der Waals surface area contributed by atoms with Crippen molar-refractivity contribution < 1.29 is 9.13 Å². The van der Waals surface area contributed by atoms with Gasteiger partial charge in [-0.2, -0.15) is 4.68 Å². The Morgan fingerprint density at radius 1 is 1.06 bits per heavy atom. The van der Waals surface area contributed by atoms with Gasteiger partial charge in [-0.05, 0) is 58.0 Å². The minimum Gasteiger partial charge on any atom is -0.480 e. The zero-order valence-corrected chi connectivity index (χ0v) is 16.7. The first-order valence-electron chi connectivity index (χ1n) is 9.60. The predicted octanol–water partition coefficient (Wildman–Crippen LogP) is 4.42. The number of nitrogens with one attached hydrogen (secondary N) is 1. The summed E-state index contributed by atoms with van der Waals surface area (Å²) in [6, 6.07) is 15.2. The second-order valence-corrected chi connectivity index (χ2v) is 7.72. The van der Waals surface area contributed by atoms with Gasteiger partial charge in [0.15, 0.2) is 0 Å². The quantitative estimate of drug-likeness (QED) is 0.505. The fourth-order valence-electron chi connectivity index (χ4n) is 4.13. The maximum absolute atomic E-state index is 13.6. The van der Waals surface area contributed by atoms with E-state index in [1.54, 1.807) is 35.3 Å². The smallest absolute Gasteiger partial charge is 0.248 e. The molecule has 4 aromatic rings. The highest BCUT2D eigenvalue weighted by molar-refractivity contribution is 6.30. The molecular formula is C22H14ClFN6O. The molecule has 6 rings (SSSR count). The average molecular weight is 433 g/mol. The summed E-state index contributed by atoms with van der Waals surface area (Å²) in [6.45, 7) is 0. The van der Waals surface area contributed by atoms with Crippen molar-refractivity contribution in [2.45, 2.75) is 12.1 Å². The van der Waals surface area contributed by atoms with Gasteiger partial charge < -0.3 is 10.1 Å². The number of rotatable bonds is 2. The molecule has 2 aliphatic rings. The Morgan fingerprint density at radius 2 is 1.94 bits per heavy atom. The zero-order valence-electron chi connectivity index (χ0n) is 15.9. The van der Waals surface area contributed by atoms with Crippen LogP contribution in [0.5, 0.6) is 5.75 Å². The van der Waals surface area contributed by atoms with Gasteiger partial charge in [-0.25, -0.2) is 4.39 Å². The molecule has 0 spiro atoms. The lowest BCUT2D eigenvalue weighted by Crippen LogP contribution is -2.32. The molecule has 2 aromatic heterocycles. The number of benzene rings is 2.